The van der Waals surface area contributed by atoms with Gasteiger partial charge in [0.15, 0.2) is 11.6 Å². The van der Waals surface area contributed by atoms with Crippen molar-refractivity contribution in [3.63, 3.8) is 0 Å². The summed E-state index contributed by atoms with van der Waals surface area (Å²) in [6, 6.07) is 0. The van der Waals surface area contributed by atoms with E-state index in [1.165, 1.54) is 20.8 Å². The van der Waals surface area contributed by atoms with E-state index in [0.29, 0.717) is 0 Å². The number of fused-ring (bicyclic) bond motifs is 1. The Balaban J connectivity index is 1.78. The highest BCUT2D eigenvalue weighted by atomic mass is 16.8. The fourth-order valence-corrected chi connectivity index (χ4v) is 5.82. The van der Waals surface area contributed by atoms with Gasteiger partial charge in [0.2, 0.25) is 0 Å². The van der Waals surface area contributed by atoms with Crippen molar-refractivity contribution in [3.8, 4) is 0 Å². The molecule has 0 radical (unpaired) electrons. The Morgan fingerprint density at radius 1 is 0.579 bits per heavy atom. The zero-order valence-corrected chi connectivity index (χ0v) is 21.4. The minimum atomic E-state index is -2.11. The standard InChI is InChI=1S/C23H40O15/c1-21-8-33-7-9-10(4-24)35-22(2,19(31)13(9)27)38-17-12(6-26)36-23(3,20(32)15(17)29)37-16(11(5-25)34-21)14(28)18(21)30/h9-20,24-32H,4-8H2,1-3H3/t9-,10?,11?,12?,13-,14-,15-,16+,17+,18?,19?,20?,21-,22-,23-/m1/s1. The average molecular weight is 557 g/mol. The largest absolute Gasteiger partial charge is 0.394 e. The molecule has 38 heavy (non-hydrogen) atoms. The molecule has 6 bridgehead atoms. The minimum absolute atomic E-state index is 0.282. The molecule has 9 N–H and O–H groups in total. The molecule has 0 amide bonds. The molecule has 8 aliphatic heterocycles. The van der Waals surface area contributed by atoms with E-state index in [0.717, 1.165) is 0 Å². The van der Waals surface area contributed by atoms with Gasteiger partial charge >= 0.3 is 0 Å². The van der Waals surface area contributed by atoms with Crippen LogP contribution in [-0.4, -0.2) is 163 Å². The monoisotopic (exact) mass is 556 g/mol. The third-order valence-corrected chi connectivity index (χ3v) is 8.16. The highest BCUT2D eigenvalue weighted by Crippen LogP contribution is 2.42. The Morgan fingerprint density at radius 2 is 1.03 bits per heavy atom. The van der Waals surface area contributed by atoms with Gasteiger partial charge in [-0.15, -0.1) is 0 Å². The molecule has 0 aromatic rings. The fourth-order valence-electron chi connectivity index (χ4n) is 5.82. The van der Waals surface area contributed by atoms with Crippen LogP contribution in [0.4, 0.5) is 0 Å². The van der Waals surface area contributed by atoms with Gasteiger partial charge < -0.3 is 74.4 Å². The number of hydrogen-bond donors (Lipinski definition) is 9. The highest BCUT2D eigenvalue weighted by molar-refractivity contribution is 5.04. The lowest BCUT2D eigenvalue weighted by Gasteiger charge is -2.54. The second-order valence-electron chi connectivity index (χ2n) is 11.0. The summed E-state index contributed by atoms with van der Waals surface area (Å²) in [5.74, 6) is -5.13. The number of rotatable bonds is 3. The van der Waals surface area contributed by atoms with Crippen LogP contribution in [0.25, 0.3) is 0 Å². The first-order chi connectivity index (χ1) is 17.7. The predicted octanol–water partition coefficient (Wildman–Crippen LogP) is -5.07. The molecule has 8 fully saturated rings. The fraction of sp³-hybridized carbons (Fsp3) is 1.00. The lowest BCUT2D eigenvalue weighted by molar-refractivity contribution is -0.423. The first-order valence-electron chi connectivity index (χ1n) is 12.6. The molecule has 0 aromatic carbocycles. The van der Waals surface area contributed by atoms with Gasteiger partial charge in [0.1, 0.15) is 60.5 Å². The molecule has 15 heteroatoms. The first-order valence-corrected chi connectivity index (χ1v) is 12.6. The molecular weight excluding hydrogens is 516 g/mol. The van der Waals surface area contributed by atoms with Crippen LogP contribution in [0.15, 0.2) is 0 Å². The Bertz CT molecular complexity index is 814. The number of ether oxygens (including phenoxy) is 6. The smallest absolute Gasteiger partial charge is 0.195 e. The van der Waals surface area contributed by atoms with E-state index < -0.39 is 110 Å². The second-order valence-corrected chi connectivity index (χ2v) is 11.0. The molecule has 8 rings (SSSR count). The van der Waals surface area contributed by atoms with Crippen molar-refractivity contribution in [2.24, 2.45) is 5.92 Å². The van der Waals surface area contributed by atoms with Gasteiger partial charge in [0.25, 0.3) is 0 Å². The van der Waals surface area contributed by atoms with E-state index >= 15 is 0 Å². The molecule has 8 aliphatic rings. The van der Waals surface area contributed by atoms with Crippen molar-refractivity contribution < 1.29 is 74.4 Å². The van der Waals surface area contributed by atoms with Crippen LogP contribution >= 0.6 is 0 Å². The number of hydrogen-bond acceptors (Lipinski definition) is 15. The molecule has 0 saturated carbocycles. The predicted molar refractivity (Wildman–Crippen MR) is 121 cm³/mol. The van der Waals surface area contributed by atoms with E-state index in [-0.39, 0.29) is 13.2 Å². The summed E-state index contributed by atoms with van der Waals surface area (Å²) in [5.41, 5.74) is -1.59. The van der Waals surface area contributed by atoms with Crippen LogP contribution < -0.4 is 0 Å². The first kappa shape index (κ1) is 30.4. The third-order valence-electron chi connectivity index (χ3n) is 8.16. The molecule has 222 valence electrons. The topological polar surface area (TPSA) is 237 Å². The lowest BCUT2D eigenvalue weighted by Crippen LogP contribution is -2.72. The Morgan fingerprint density at radius 3 is 1.55 bits per heavy atom. The van der Waals surface area contributed by atoms with Gasteiger partial charge in [-0.05, 0) is 20.8 Å². The minimum Gasteiger partial charge on any atom is -0.394 e. The quantitative estimate of drug-likeness (QED) is 0.158. The molecule has 8 heterocycles. The molecule has 0 aromatic heterocycles. The van der Waals surface area contributed by atoms with Gasteiger partial charge in [-0.25, -0.2) is 0 Å². The van der Waals surface area contributed by atoms with Gasteiger partial charge in [-0.3, -0.25) is 0 Å². The number of aliphatic hydroxyl groups is 9. The van der Waals surface area contributed by atoms with Gasteiger partial charge in [0.05, 0.1) is 45.2 Å². The summed E-state index contributed by atoms with van der Waals surface area (Å²) in [7, 11) is 0. The van der Waals surface area contributed by atoms with Crippen LogP contribution in [0, 0.1) is 5.92 Å². The maximum Gasteiger partial charge on any atom is 0.195 e. The molecule has 6 unspecified atom stereocenters. The summed E-state index contributed by atoms with van der Waals surface area (Å²) in [6.07, 6.45) is -17.1. The SMILES string of the molecule is C[C@@]12OC(CO)[C@@H](COC[C@@]3(C)OC(CO)[C@H](O[C@@]4(C)OC(CO)[C@H](O1)[C@@H](O)C4O)[C@@H](O)C3O)[C@@H](O)C2O. The van der Waals surface area contributed by atoms with Crippen LogP contribution in [0.5, 0.6) is 0 Å². The summed E-state index contributed by atoms with van der Waals surface area (Å²) in [4.78, 5) is 0. The summed E-state index contributed by atoms with van der Waals surface area (Å²) in [5, 5.41) is 96.0. The molecular formula is C23H40O15. The van der Waals surface area contributed by atoms with Crippen LogP contribution in [-0.2, 0) is 28.4 Å². The third kappa shape index (κ3) is 5.01. The normalized spacial score (nSPS) is 56.2. The van der Waals surface area contributed by atoms with Crippen molar-refractivity contribution in [1.29, 1.82) is 0 Å². The van der Waals surface area contributed by atoms with E-state index in [2.05, 4.69) is 0 Å². The maximum absolute atomic E-state index is 11.0. The summed E-state index contributed by atoms with van der Waals surface area (Å²) < 4.78 is 34.9. The van der Waals surface area contributed by atoms with E-state index in [1.54, 1.807) is 0 Å². The highest BCUT2D eigenvalue weighted by Gasteiger charge is 2.61. The van der Waals surface area contributed by atoms with Crippen molar-refractivity contribution in [2.45, 2.75) is 105 Å². The van der Waals surface area contributed by atoms with Crippen LogP contribution in [0.2, 0.25) is 0 Å². The van der Waals surface area contributed by atoms with E-state index in [9.17, 15) is 46.0 Å². The zero-order chi connectivity index (χ0) is 28.2. The maximum atomic E-state index is 11.0. The molecule has 15 nitrogen and oxygen atoms in total. The summed E-state index contributed by atoms with van der Waals surface area (Å²) in [6.45, 7) is 1.22. The molecule has 15 atom stereocenters. The second kappa shape index (κ2) is 11.0. The van der Waals surface area contributed by atoms with Crippen molar-refractivity contribution in [1.82, 2.24) is 0 Å². The van der Waals surface area contributed by atoms with Crippen molar-refractivity contribution >= 4 is 0 Å². The molecule has 0 aliphatic carbocycles. The van der Waals surface area contributed by atoms with Crippen LogP contribution in [0.3, 0.4) is 0 Å². The van der Waals surface area contributed by atoms with E-state index in [4.69, 9.17) is 28.4 Å². The average Bonchev–Trinajstić information content (AvgIpc) is 2.89. The Hall–Kier alpha value is -0.600. The van der Waals surface area contributed by atoms with Crippen molar-refractivity contribution in [2.75, 3.05) is 33.0 Å². The van der Waals surface area contributed by atoms with Gasteiger partial charge in [0, 0.05) is 5.92 Å². The molecule has 8 saturated heterocycles. The Kier molecular flexibility index (Phi) is 8.79. The lowest BCUT2D eigenvalue weighted by atomic mass is 9.85. The summed E-state index contributed by atoms with van der Waals surface area (Å²) >= 11 is 0. The molecule has 0 spiro atoms. The Labute approximate surface area is 219 Å². The zero-order valence-electron chi connectivity index (χ0n) is 21.4. The van der Waals surface area contributed by atoms with Gasteiger partial charge in [-0.1, -0.05) is 0 Å². The van der Waals surface area contributed by atoms with Crippen molar-refractivity contribution in [3.05, 3.63) is 0 Å². The number of aliphatic hydroxyl groups excluding tert-OH is 9. The van der Waals surface area contributed by atoms with E-state index in [1.807, 2.05) is 0 Å². The van der Waals surface area contributed by atoms with Gasteiger partial charge in [-0.2, -0.15) is 0 Å². The van der Waals surface area contributed by atoms with Crippen LogP contribution in [0.1, 0.15) is 20.8 Å².